The average Bonchev–Trinajstić information content (AvgIpc) is 2.29. The van der Waals surface area contributed by atoms with Gasteiger partial charge in [-0.05, 0) is 24.3 Å². The molecule has 0 spiro atoms. The van der Waals surface area contributed by atoms with E-state index in [1.807, 2.05) is 0 Å². The van der Waals surface area contributed by atoms with Gasteiger partial charge >= 0.3 is 5.97 Å². The molecule has 0 radical (unpaired) electrons. The van der Waals surface area contributed by atoms with E-state index in [1.165, 1.54) is 0 Å². The van der Waals surface area contributed by atoms with Gasteiger partial charge in [0.2, 0.25) is 0 Å². The summed E-state index contributed by atoms with van der Waals surface area (Å²) in [6.07, 6.45) is 0.303. The highest BCUT2D eigenvalue weighted by Crippen LogP contribution is 2.01. The zero-order valence-corrected chi connectivity index (χ0v) is 9.48. The number of carboxylic acids is 1. The van der Waals surface area contributed by atoms with Gasteiger partial charge < -0.3 is 10.4 Å². The molecular formula is C11H13NO3S. The van der Waals surface area contributed by atoms with Crippen molar-refractivity contribution >= 4 is 24.5 Å². The van der Waals surface area contributed by atoms with Gasteiger partial charge in [0, 0.05) is 5.56 Å². The minimum atomic E-state index is -1.04. The van der Waals surface area contributed by atoms with Gasteiger partial charge in [0.25, 0.3) is 5.91 Å². The number of hydrogen-bond donors (Lipinski definition) is 3. The second-order valence-corrected chi connectivity index (χ2v) is 3.69. The average molecular weight is 239 g/mol. The van der Waals surface area contributed by atoms with Gasteiger partial charge in [0.1, 0.15) is 6.04 Å². The van der Waals surface area contributed by atoms with Crippen molar-refractivity contribution in [2.75, 3.05) is 5.75 Å². The van der Waals surface area contributed by atoms with Crippen LogP contribution in [0.15, 0.2) is 30.3 Å². The maximum atomic E-state index is 11.6. The fourth-order valence-corrected chi connectivity index (χ4v) is 1.48. The SMILES string of the molecule is O=C(N[C@@H](CCS)C(=O)O)c1ccccc1. The van der Waals surface area contributed by atoms with Crippen LogP contribution in [0, 0.1) is 0 Å². The van der Waals surface area contributed by atoms with Gasteiger partial charge in [-0.25, -0.2) is 4.79 Å². The molecule has 0 saturated carbocycles. The highest BCUT2D eigenvalue weighted by Gasteiger charge is 2.19. The molecule has 0 aliphatic carbocycles. The summed E-state index contributed by atoms with van der Waals surface area (Å²) in [6, 6.07) is 7.63. The van der Waals surface area contributed by atoms with E-state index in [0.29, 0.717) is 17.7 Å². The molecule has 0 fully saturated rings. The first kappa shape index (κ1) is 12.6. The molecule has 16 heavy (non-hydrogen) atoms. The number of benzene rings is 1. The van der Waals surface area contributed by atoms with Crippen LogP contribution in [-0.4, -0.2) is 28.8 Å². The summed E-state index contributed by atoms with van der Waals surface area (Å²) in [5.41, 5.74) is 0.452. The molecule has 86 valence electrons. The van der Waals surface area contributed by atoms with E-state index < -0.39 is 12.0 Å². The summed E-state index contributed by atoms with van der Waals surface area (Å²) in [5, 5.41) is 11.3. The van der Waals surface area contributed by atoms with Crippen molar-refractivity contribution in [2.24, 2.45) is 0 Å². The fourth-order valence-electron chi connectivity index (χ4n) is 1.22. The van der Waals surface area contributed by atoms with Crippen molar-refractivity contribution in [3.05, 3.63) is 35.9 Å². The van der Waals surface area contributed by atoms with Crippen molar-refractivity contribution in [1.29, 1.82) is 0 Å². The lowest BCUT2D eigenvalue weighted by molar-refractivity contribution is -0.139. The molecular weight excluding hydrogens is 226 g/mol. The van der Waals surface area contributed by atoms with Crippen LogP contribution in [0.3, 0.4) is 0 Å². The monoisotopic (exact) mass is 239 g/mol. The smallest absolute Gasteiger partial charge is 0.326 e. The number of rotatable bonds is 5. The maximum absolute atomic E-state index is 11.6. The van der Waals surface area contributed by atoms with Crippen molar-refractivity contribution in [1.82, 2.24) is 5.32 Å². The third-order valence-corrected chi connectivity index (χ3v) is 2.32. The first-order valence-corrected chi connectivity index (χ1v) is 5.48. The molecule has 0 saturated heterocycles. The molecule has 0 bridgehead atoms. The molecule has 1 rings (SSSR count). The zero-order chi connectivity index (χ0) is 12.0. The Kier molecular flexibility index (Phi) is 4.85. The maximum Gasteiger partial charge on any atom is 0.326 e. The second-order valence-electron chi connectivity index (χ2n) is 3.24. The van der Waals surface area contributed by atoms with Crippen LogP contribution in [0.25, 0.3) is 0 Å². The number of nitrogens with one attached hydrogen (secondary N) is 1. The highest BCUT2D eigenvalue weighted by molar-refractivity contribution is 7.80. The first-order chi connectivity index (χ1) is 7.65. The standard InChI is InChI=1S/C11H13NO3S/c13-10(8-4-2-1-3-5-8)12-9(6-7-16)11(14)15/h1-5,9,16H,6-7H2,(H,12,13)(H,14,15)/t9-/m0/s1. The van der Waals surface area contributed by atoms with Crippen LogP contribution in [0.1, 0.15) is 16.8 Å². The molecule has 0 aliphatic heterocycles. The molecule has 0 aromatic heterocycles. The zero-order valence-electron chi connectivity index (χ0n) is 8.59. The molecule has 0 aliphatic rings. The Hall–Kier alpha value is -1.49. The Morgan fingerprint density at radius 3 is 2.44 bits per heavy atom. The van der Waals surface area contributed by atoms with Crippen LogP contribution >= 0.6 is 12.6 Å². The van der Waals surface area contributed by atoms with Gasteiger partial charge in [0.15, 0.2) is 0 Å². The first-order valence-electron chi connectivity index (χ1n) is 4.84. The Labute approximate surface area is 99.1 Å². The molecule has 1 aromatic carbocycles. The normalized spacial score (nSPS) is 11.8. The summed E-state index contributed by atoms with van der Waals surface area (Å²) in [4.78, 5) is 22.4. The van der Waals surface area contributed by atoms with E-state index >= 15 is 0 Å². The number of carbonyl (C=O) groups excluding carboxylic acids is 1. The summed E-state index contributed by atoms with van der Waals surface area (Å²) in [7, 11) is 0. The number of aliphatic carboxylic acids is 1. The second kappa shape index (κ2) is 6.17. The van der Waals surface area contributed by atoms with Gasteiger partial charge in [-0.3, -0.25) is 4.79 Å². The van der Waals surface area contributed by atoms with Crippen LogP contribution in [0.5, 0.6) is 0 Å². The molecule has 5 heteroatoms. The fraction of sp³-hybridized carbons (Fsp3) is 0.273. The molecule has 1 amide bonds. The summed E-state index contributed by atoms with van der Waals surface area (Å²) in [5.74, 6) is -1.01. The van der Waals surface area contributed by atoms with Gasteiger partial charge in [-0.15, -0.1) is 0 Å². The quantitative estimate of drug-likeness (QED) is 0.676. The number of carboxylic acid groups (broad SMARTS) is 1. The molecule has 1 atom stereocenters. The topological polar surface area (TPSA) is 66.4 Å². The van der Waals surface area contributed by atoms with Crippen LogP contribution in [-0.2, 0) is 4.79 Å². The molecule has 4 nitrogen and oxygen atoms in total. The largest absolute Gasteiger partial charge is 0.480 e. The Balaban J connectivity index is 2.65. The van der Waals surface area contributed by atoms with Gasteiger partial charge in [-0.2, -0.15) is 12.6 Å². The summed E-state index contributed by atoms with van der Waals surface area (Å²) >= 11 is 3.95. The van der Waals surface area contributed by atoms with Crippen LogP contribution in [0.4, 0.5) is 0 Å². The van der Waals surface area contributed by atoms with Gasteiger partial charge in [0.05, 0.1) is 0 Å². The highest BCUT2D eigenvalue weighted by atomic mass is 32.1. The lowest BCUT2D eigenvalue weighted by Gasteiger charge is -2.13. The number of thiol groups is 1. The number of hydrogen-bond acceptors (Lipinski definition) is 3. The third kappa shape index (κ3) is 3.58. The predicted octanol–water partition coefficient (Wildman–Crippen LogP) is 1.19. The third-order valence-electron chi connectivity index (χ3n) is 2.06. The van der Waals surface area contributed by atoms with E-state index in [-0.39, 0.29) is 5.91 Å². The van der Waals surface area contributed by atoms with Crippen molar-refractivity contribution < 1.29 is 14.7 Å². The Morgan fingerprint density at radius 2 is 1.94 bits per heavy atom. The molecule has 0 unspecified atom stereocenters. The predicted molar refractivity (Wildman–Crippen MR) is 63.8 cm³/mol. The van der Waals surface area contributed by atoms with Crippen molar-refractivity contribution in [3.8, 4) is 0 Å². The lowest BCUT2D eigenvalue weighted by Crippen LogP contribution is -2.41. The van der Waals surface area contributed by atoms with Crippen LogP contribution < -0.4 is 5.32 Å². The van der Waals surface area contributed by atoms with E-state index in [0.717, 1.165) is 0 Å². The van der Waals surface area contributed by atoms with E-state index in [9.17, 15) is 9.59 Å². The molecule has 2 N–H and O–H groups in total. The minimum Gasteiger partial charge on any atom is -0.480 e. The van der Waals surface area contributed by atoms with Crippen LogP contribution in [0.2, 0.25) is 0 Å². The molecule has 0 heterocycles. The molecule has 1 aromatic rings. The Bertz CT molecular complexity index is 367. The van der Waals surface area contributed by atoms with Gasteiger partial charge in [-0.1, -0.05) is 18.2 Å². The van der Waals surface area contributed by atoms with E-state index in [2.05, 4.69) is 17.9 Å². The summed E-state index contributed by atoms with van der Waals surface area (Å²) < 4.78 is 0. The van der Waals surface area contributed by atoms with E-state index in [1.54, 1.807) is 30.3 Å². The summed E-state index contributed by atoms with van der Waals surface area (Å²) in [6.45, 7) is 0. The van der Waals surface area contributed by atoms with Crippen molar-refractivity contribution in [2.45, 2.75) is 12.5 Å². The van der Waals surface area contributed by atoms with Crippen molar-refractivity contribution in [3.63, 3.8) is 0 Å². The van der Waals surface area contributed by atoms with E-state index in [4.69, 9.17) is 5.11 Å². The Morgan fingerprint density at radius 1 is 1.31 bits per heavy atom. The number of carbonyl (C=O) groups is 2. The minimum absolute atomic E-state index is 0.303. The lowest BCUT2D eigenvalue weighted by atomic mass is 10.1. The number of amides is 1.